The molecule has 0 aromatic carbocycles. The summed E-state index contributed by atoms with van der Waals surface area (Å²) in [6.07, 6.45) is 0. The molecule has 0 amide bonds. The molecule has 1 aromatic rings. The van der Waals surface area contributed by atoms with E-state index < -0.39 is 0 Å². The predicted octanol–water partition coefficient (Wildman–Crippen LogP) is 0.597. The van der Waals surface area contributed by atoms with E-state index in [0.717, 1.165) is 10.3 Å². The fraction of sp³-hybridized carbons (Fsp3) is 0.600. The van der Waals surface area contributed by atoms with Crippen LogP contribution >= 0.6 is 15.9 Å². The zero-order valence-electron chi connectivity index (χ0n) is 5.87. The van der Waals surface area contributed by atoms with Crippen molar-refractivity contribution in [3.63, 3.8) is 0 Å². The van der Waals surface area contributed by atoms with Crippen molar-refractivity contribution < 1.29 is 0 Å². The Morgan fingerprint density at radius 1 is 1.60 bits per heavy atom. The number of aromatic nitrogens is 3. The Morgan fingerprint density at radius 2 is 2.20 bits per heavy atom. The van der Waals surface area contributed by atoms with Crippen molar-refractivity contribution in [2.75, 3.05) is 0 Å². The van der Waals surface area contributed by atoms with Gasteiger partial charge in [0.2, 0.25) is 0 Å². The minimum atomic E-state index is -0.0666. The number of nitrogens with two attached hydrogens (primary N) is 1. The van der Waals surface area contributed by atoms with Gasteiger partial charge >= 0.3 is 0 Å². The molecule has 56 valence electrons. The van der Waals surface area contributed by atoms with Gasteiger partial charge in [0.15, 0.2) is 4.60 Å². The van der Waals surface area contributed by atoms with Crippen LogP contribution in [0.25, 0.3) is 0 Å². The van der Waals surface area contributed by atoms with E-state index in [9.17, 15) is 0 Å². The molecular weight excluding hydrogens is 196 g/mol. The largest absolute Gasteiger partial charge is 0.323 e. The fourth-order valence-electron chi connectivity index (χ4n) is 0.677. The number of aryl methyl sites for hydroxylation is 1. The van der Waals surface area contributed by atoms with Gasteiger partial charge in [-0.15, -0.1) is 5.10 Å². The van der Waals surface area contributed by atoms with Crippen molar-refractivity contribution in [2.24, 2.45) is 12.8 Å². The first-order valence-corrected chi connectivity index (χ1v) is 3.73. The summed E-state index contributed by atoms with van der Waals surface area (Å²) >= 11 is 3.24. The van der Waals surface area contributed by atoms with Crippen LogP contribution < -0.4 is 5.73 Å². The van der Waals surface area contributed by atoms with Crippen LogP contribution in [0.2, 0.25) is 0 Å². The molecule has 0 fully saturated rings. The SMILES string of the molecule is CC(N)c1nn(C)nc1Br. The van der Waals surface area contributed by atoms with Crippen molar-refractivity contribution in [3.05, 3.63) is 10.3 Å². The number of hydrogen-bond acceptors (Lipinski definition) is 3. The maximum absolute atomic E-state index is 5.58. The normalized spacial score (nSPS) is 13.6. The molecule has 0 aliphatic heterocycles. The minimum Gasteiger partial charge on any atom is -0.323 e. The molecule has 2 N–H and O–H groups in total. The molecule has 0 saturated heterocycles. The van der Waals surface area contributed by atoms with Gasteiger partial charge in [-0.1, -0.05) is 0 Å². The summed E-state index contributed by atoms with van der Waals surface area (Å²) in [5, 5.41) is 8.02. The first-order valence-electron chi connectivity index (χ1n) is 2.93. The summed E-state index contributed by atoms with van der Waals surface area (Å²) in [6, 6.07) is -0.0666. The highest BCUT2D eigenvalue weighted by Gasteiger charge is 2.09. The Balaban J connectivity index is 3.03. The average Bonchev–Trinajstić information content (AvgIpc) is 2.10. The third-order valence-corrected chi connectivity index (χ3v) is 1.69. The monoisotopic (exact) mass is 204 g/mol. The van der Waals surface area contributed by atoms with Gasteiger partial charge in [-0.05, 0) is 22.9 Å². The average molecular weight is 205 g/mol. The molecule has 5 heteroatoms. The van der Waals surface area contributed by atoms with Crippen molar-refractivity contribution in [1.82, 2.24) is 15.0 Å². The summed E-state index contributed by atoms with van der Waals surface area (Å²) in [4.78, 5) is 1.49. The standard InChI is InChI=1S/C5H9BrN4/c1-3(7)4-5(6)9-10(2)8-4/h3H,7H2,1-2H3. The second-order valence-electron chi connectivity index (χ2n) is 2.15. The molecule has 0 aliphatic carbocycles. The molecular formula is C5H9BrN4. The number of halogens is 1. The van der Waals surface area contributed by atoms with Gasteiger partial charge in [0, 0.05) is 13.1 Å². The highest BCUT2D eigenvalue weighted by atomic mass is 79.9. The van der Waals surface area contributed by atoms with Crippen LogP contribution in [0.3, 0.4) is 0 Å². The first-order chi connectivity index (χ1) is 4.61. The van der Waals surface area contributed by atoms with Crippen LogP contribution in [0.1, 0.15) is 18.7 Å². The summed E-state index contributed by atoms with van der Waals surface area (Å²) < 4.78 is 0.727. The zero-order valence-corrected chi connectivity index (χ0v) is 7.46. The van der Waals surface area contributed by atoms with Crippen LogP contribution in [-0.4, -0.2) is 15.0 Å². The van der Waals surface area contributed by atoms with Gasteiger partial charge in [0.1, 0.15) is 5.69 Å². The van der Waals surface area contributed by atoms with Gasteiger partial charge in [0.05, 0.1) is 0 Å². The lowest BCUT2D eigenvalue weighted by Crippen LogP contribution is -2.06. The second-order valence-corrected chi connectivity index (χ2v) is 2.91. The van der Waals surface area contributed by atoms with Crippen molar-refractivity contribution in [1.29, 1.82) is 0 Å². The Morgan fingerprint density at radius 3 is 2.40 bits per heavy atom. The molecule has 1 heterocycles. The molecule has 10 heavy (non-hydrogen) atoms. The maximum atomic E-state index is 5.58. The van der Waals surface area contributed by atoms with E-state index in [2.05, 4.69) is 26.1 Å². The Kier molecular flexibility index (Phi) is 2.05. The summed E-state index contributed by atoms with van der Waals surface area (Å²) in [6.45, 7) is 1.87. The lowest BCUT2D eigenvalue weighted by atomic mass is 10.3. The van der Waals surface area contributed by atoms with E-state index in [1.54, 1.807) is 7.05 Å². The molecule has 1 atom stereocenters. The Labute approximate surface area is 67.5 Å². The third-order valence-electron chi connectivity index (χ3n) is 1.13. The Hall–Kier alpha value is -0.420. The van der Waals surface area contributed by atoms with Gasteiger partial charge in [-0.25, -0.2) is 0 Å². The van der Waals surface area contributed by atoms with Crippen LogP contribution in [0.5, 0.6) is 0 Å². The molecule has 0 spiro atoms. The van der Waals surface area contributed by atoms with E-state index in [1.807, 2.05) is 6.92 Å². The first kappa shape index (κ1) is 7.68. The fourth-order valence-corrected chi connectivity index (χ4v) is 1.35. The van der Waals surface area contributed by atoms with Crippen LogP contribution in [-0.2, 0) is 7.05 Å². The molecule has 0 saturated carbocycles. The van der Waals surface area contributed by atoms with Crippen molar-refractivity contribution in [2.45, 2.75) is 13.0 Å². The topological polar surface area (TPSA) is 56.7 Å². The van der Waals surface area contributed by atoms with E-state index in [-0.39, 0.29) is 6.04 Å². The van der Waals surface area contributed by atoms with Crippen molar-refractivity contribution >= 4 is 15.9 Å². The minimum absolute atomic E-state index is 0.0666. The van der Waals surface area contributed by atoms with E-state index >= 15 is 0 Å². The van der Waals surface area contributed by atoms with Crippen LogP contribution in [0.15, 0.2) is 4.60 Å². The number of nitrogens with zero attached hydrogens (tertiary/aromatic N) is 3. The number of rotatable bonds is 1. The molecule has 0 bridgehead atoms. The maximum Gasteiger partial charge on any atom is 0.153 e. The van der Waals surface area contributed by atoms with Crippen molar-refractivity contribution in [3.8, 4) is 0 Å². The highest BCUT2D eigenvalue weighted by Crippen LogP contribution is 2.15. The lowest BCUT2D eigenvalue weighted by molar-refractivity contribution is 0.631. The molecule has 1 aromatic heterocycles. The van der Waals surface area contributed by atoms with E-state index in [1.165, 1.54) is 4.80 Å². The smallest absolute Gasteiger partial charge is 0.153 e. The second kappa shape index (κ2) is 2.67. The van der Waals surface area contributed by atoms with Gasteiger partial charge in [-0.2, -0.15) is 9.90 Å². The zero-order chi connectivity index (χ0) is 7.72. The van der Waals surface area contributed by atoms with Gasteiger partial charge in [-0.3, -0.25) is 0 Å². The molecule has 0 aliphatic rings. The molecule has 1 rings (SSSR count). The van der Waals surface area contributed by atoms with E-state index in [4.69, 9.17) is 5.73 Å². The predicted molar refractivity (Wildman–Crippen MR) is 41.3 cm³/mol. The quantitative estimate of drug-likeness (QED) is 0.730. The Bertz CT molecular complexity index is 230. The molecule has 0 radical (unpaired) electrons. The lowest BCUT2D eigenvalue weighted by Gasteiger charge is -1.96. The highest BCUT2D eigenvalue weighted by molar-refractivity contribution is 9.10. The molecule has 4 nitrogen and oxygen atoms in total. The van der Waals surface area contributed by atoms with Crippen LogP contribution in [0, 0.1) is 0 Å². The summed E-state index contributed by atoms with van der Waals surface area (Å²) in [7, 11) is 1.76. The number of hydrogen-bond donors (Lipinski definition) is 1. The van der Waals surface area contributed by atoms with Gasteiger partial charge in [0.25, 0.3) is 0 Å². The van der Waals surface area contributed by atoms with Crippen LogP contribution in [0.4, 0.5) is 0 Å². The summed E-state index contributed by atoms with van der Waals surface area (Å²) in [5.41, 5.74) is 6.38. The summed E-state index contributed by atoms with van der Waals surface area (Å²) in [5.74, 6) is 0. The molecule has 1 unspecified atom stereocenters. The third kappa shape index (κ3) is 1.35. The van der Waals surface area contributed by atoms with Gasteiger partial charge < -0.3 is 5.73 Å². The van der Waals surface area contributed by atoms with E-state index in [0.29, 0.717) is 0 Å².